The van der Waals surface area contributed by atoms with Gasteiger partial charge in [0, 0.05) is 37.6 Å². The van der Waals surface area contributed by atoms with Crippen LogP contribution in [0.5, 0.6) is 0 Å². The summed E-state index contributed by atoms with van der Waals surface area (Å²) in [6, 6.07) is 12.2. The maximum atomic E-state index is 13.5. The number of aryl methyl sites for hydroxylation is 1. The van der Waals surface area contributed by atoms with Crippen LogP contribution >= 0.6 is 0 Å². The molecule has 0 bridgehead atoms. The largest absolute Gasteiger partial charge is 0.348 e. The summed E-state index contributed by atoms with van der Waals surface area (Å²) in [7, 11) is 0. The Morgan fingerprint density at radius 2 is 1.90 bits per heavy atom. The van der Waals surface area contributed by atoms with Crippen molar-refractivity contribution in [2.45, 2.75) is 53.2 Å². The first-order valence-corrected chi connectivity index (χ1v) is 10.8. The Labute approximate surface area is 179 Å². The minimum Gasteiger partial charge on any atom is -0.348 e. The number of rotatable bonds is 6. The van der Waals surface area contributed by atoms with Crippen molar-refractivity contribution >= 4 is 11.9 Å². The van der Waals surface area contributed by atoms with Crippen molar-refractivity contribution in [1.29, 1.82) is 0 Å². The van der Waals surface area contributed by atoms with Crippen LogP contribution in [0.3, 0.4) is 0 Å². The first-order chi connectivity index (χ1) is 14.3. The predicted molar refractivity (Wildman–Crippen MR) is 119 cm³/mol. The number of hydrogen-bond acceptors (Lipinski definition) is 2. The van der Waals surface area contributed by atoms with Gasteiger partial charge in [0.05, 0.1) is 6.04 Å². The number of nitrogens with one attached hydrogen (secondary N) is 1. The molecule has 1 unspecified atom stereocenters. The van der Waals surface area contributed by atoms with E-state index < -0.39 is 0 Å². The van der Waals surface area contributed by atoms with Gasteiger partial charge in [-0.3, -0.25) is 4.79 Å². The van der Waals surface area contributed by atoms with Crippen LogP contribution in [0.25, 0.3) is 0 Å². The van der Waals surface area contributed by atoms with Gasteiger partial charge in [0.1, 0.15) is 6.54 Å². The molecular formula is C24H34N4O2. The molecule has 3 rings (SSSR count). The van der Waals surface area contributed by atoms with Gasteiger partial charge < -0.3 is 19.7 Å². The molecule has 2 heterocycles. The average molecular weight is 411 g/mol. The van der Waals surface area contributed by atoms with Crippen LogP contribution in [0.15, 0.2) is 42.6 Å². The number of fused-ring (bicyclic) bond motifs is 1. The Morgan fingerprint density at radius 3 is 2.57 bits per heavy atom. The van der Waals surface area contributed by atoms with Crippen LogP contribution in [0.2, 0.25) is 0 Å². The van der Waals surface area contributed by atoms with Crippen LogP contribution in [0.1, 0.15) is 50.6 Å². The Hall–Kier alpha value is -2.76. The summed E-state index contributed by atoms with van der Waals surface area (Å²) in [5.41, 5.74) is 3.38. The van der Waals surface area contributed by atoms with Gasteiger partial charge in [-0.1, -0.05) is 43.7 Å². The van der Waals surface area contributed by atoms with Crippen LogP contribution in [0, 0.1) is 12.8 Å². The molecule has 162 valence electrons. The second-order valence-corrected chi connectivity index (χ2v) is 8.91. The van der Waals surface area contributed by atoms with Gasteiger partial charge in [-0.05, 0) is 44.4 Å². The third-order valence-electron chi connectivity index (χ3n) is 5.33. The number of benzene rings is 1. The Kier molecular flexibility index (Phi) is 6.85. The van der Waals surface area contributed by atoms with Crippen LogP contribution < -0.4 is 5.32 Å². The fourth-order valence-electron chi connectivity index (χ4n) is 4.10. The Balaban J connectivity index is 1.87. The highest BCUT2D eigenvalue weighted by Gasteiger charge is 2.33. The third-order valence-corrected chi connectivity index (χ3v) is 5.33. The van der Waals surface area contributed by atoms with Crippen molar-refractivity contribution < 1.29 is 9.59 Å². The van der Waals surface area contributed by atoms with Crippen molar-refractivity contribution in [3.63, 3.8) is 0 Å². The minimum absolute atomic E-state index is 0.0199. The standard InChI is InChI=1S/C24H34N4O2/c1-17(2)15-27(24(30)25-18(3)4)16-22(29)28-13-12-26-11-7-10-21(26)23(28)20-9-6-8-19(5)14-20/h6-11,14,17-18,23H,12-13,15-16H2,1-5H3,(H,25,30). The topological polar surface area (TPSA) is 57.6 Å². The van der Waals surface area contributed by atoms with Crippen molar-refractivity contribution in [3.05, 3.63) is 59.4 Å². The zero-order chi connectivity index (χ0) is 21.8. The van der Waals surface area contributed by atoms with Gasteiger partial charge in [0.2, 0.25) is 5.91 Å². The molecule has 1 atom stereocenters. The maximum absolute atomic E-state index is 13.5. The summed E-state index contributed by atoms with van der Waals surface area (Å²) in [5.74, 6) is 0.260. The van der Waals surface area contributed by atoms with E-state index in [0.717, 1.165) is 17.8 Å². The van der Waals surface area contributed by atoms with Crippen molar-refractivity contribution in [1.82, 2.24) is 19.7 Å². The van der Waals surface area contributed by atoms with E-state index in [2.05, 4.69) is 61.1 Å². The molecule has 2 aromatic rings. The van der Waals surface area contributed by atoms with E-state index >= 15 is 0 Å². The second kappa shape index (κ2) is 9.37. The van der Waals surface area contributed by atoms with Gasteiger partial charge in [-0.2, -0.15) is 0 Å². The molecule has 3 amide bonds. The van der Waals surface area contributed by atoms with Crippen molar-refractivity contribution in [2.75, 3.05) is 19.6 Å². The number of aromatic nitrogens is 1. The Morgan fingerprint density at radius 1 is 1.13 bits per heavy atom. The zero-order valence-electron chi connectivity index (χ0n) is 18.8. The molecule has 30 heavy (non-hydrogen) atoms. The predicted octanol–water partition coefficient (Wildman–Crippen LogP) is 3.80. The molecule has 1 aliphatic heterocycles. The smallest absolute Gasteiger partial charge is 0.318 e. The molecule has 1 aliphatic rings. The second-order valence-electron chi connectivity index (χ2n) is 8.91. The fraction of sp³-hybridized carbons (Fsp3) is 0.500. The lowest BCUT2D eigenvalue weighted by atomic mass is 9.98. The van der Waals surface area contributed by atoms with Gasteiger partial charge in [-0.25, -0.2) is 4.79 Å². The maximum Gasteiger partial charge on any atom is 0.318 e. The lowest BCUT2D eigenvalue weighted by Gasteiger charge is -2.38. The molecule has 6 nitrogen and oxygen atoms in total. The number of carbonyl (C=O) groups is 2. The van der Waals surface area contributed by atoms with E-state index in [9.17, 15) is 9.59 Å². The molecule has 0 saturated heterocycles. The van der Waals surface area contributed by atoms with Gasteiger partial charge in [0.25, 0.3) is 0 Å². The summed E-state index contributed by atoms with van der Waals surface area (Å²) in [6.45, 7) is 12.1. The molecule has 0 spiro atoms. The highest BCUT2D eigenvalue weighted by atomic mass is 16.2. The molecule has 0 radical (unpaired) electrons. The third kappa shape index (κ3) is 5.04. The van der Waals surface area contributed by atoms with Gasteiger partial charge >= 0.3 is 6.03 Å². The minimum atomic E-state index is -0.181. The monoisotopic (exact) mass is 410 g/mol. The number of carbonyl (C=O) groups excluding carboxylic acids is 2. The lowest BCUT2D eigenvalue weighted by molar-refractivity contribution is -0.134. The normalized spacial score (nSPS) is 16.0. The number of nitrogens with zero attached hydrogens (tertiary/aromatic N) is 3. The molecular weight excluding hydrogens is 376 g/mol. The SMILES string of the molecule is Cc1cccc(C2c3cccn3CCN2C(=O)CN(CC(C)C)C(=O)NC(C)C)c1. The van der Waals surface area contributed by atoms with E-state index in [1.54, 1.807) is 4.90 Å². The average Bonchev–Trinajstić information content (AvgIpc) is 3.14. The molecule has 6 heteroatoms. The summed E-state index contributed by atoms with van der Waals surface area (Å²) in [4.78, 5) is 29.8. The Bertz CT molecular complexity index is 887. The lowest BCUT2D eigenvalue weighted by Crippen LogP contribution is -2.51. The van der Waals surface area contributed by atoms with Crippen molar-refractivity contribution in [3.8, 4) is 0 Å². The fourth-order valence-corrected chi connectivity index (χ4v) is 4.10. The van der Waals surface area contributed by atoms with Crippen LogP contribution in [-0.2, 0) is 11.3 Å². The number of urea groups is 1. The quantitative estimate of drug-likeness (QED) is 0.787. The van der Waals surface area contributed by atoms with E-state index in [1.165, 1.54) is 5.56 Å². The highest BCUT2D eigenvalue weighted by molar-refractivity contribution is 5.85. The molecule has 0 fully saturated rings. The first-order valence-electron chi connectivity index (χ1n) is 10.8. The summed E-state index contributed by atoms with van der Waals surface area (Å²) < 4.78 is 2.22. The van der Waals surface area contributed by atoms with Gasteiger partial charge in [-0.15, -0.1) is 0 Å². The van der Waals surface area contributed by atoms with E-state index in [0.29, 0.717) is 13.1 Å². The molecule has 1 aromatic heterocycles. The summed E-state index contributed by atoms with van der Waals surface area (Å²) in [5, 5.41) is 2.93. The van der Waals surface area contributed by atoms with Gasteiger partial charge in [0.15, 0.2) is 0 Å². The van der Waals surface area contributed by atoms with Crippen LogP contribution in [0.4, 0.5) is 4.79 Å². The molecule has 0 aliphatic carbocycles. The van der Waals surface area contributed by atoms with E-state index in [4.69, 9.17) is 0 Å². The molecule has 1 N–H and O–H groups in total. The van der Waals surface area contributed by atoms with E-state index in [-0.39, 0.29) is 36.5 Å². The first kappa shape index (κ1) is 21.9. The van der Waals surface area contributed by atoms with Crippen molar-refractivity contribution in [2.24, 2.45) is 5.92 Å². The van der Waals surface area contributed by atoms with Crippen LogP contribution in [-0.4, -0.2) is 52.0 Å². The number of hydrogen-bond donors (Lipinski definition) is 1. The molecule has 0 saturated carbocycles. The highest BCUT2D eigenvalue weighted by Crippen LogP contribution is 2.33. The number of amides is 3. The zero-order valence-corrected chi connectivity index (χ0v) is 18.8. The molecule has 1 aromatic carbocycles. The summed E-state index contributed by atoms with van der Waals surface area (Å²) in [6.07, 6.45) is 2.07. The summed E-state index contributed by atoms with van der Waals surface area (Å²) >= 11 is 0. The van der Waals surface area contributed by atoms with E-state index in [1.807, 2.05) is 30.9 Å².